The molecule has 0 aromatic heterocycles. The first-order chi connectivity index (χ1) is 6.06. The predicted octanol–water partition coefficient (Wildman–Crippen LogP) is 2.22. The molecule has 13 heavy (non-hydrogen) atoms. The maximum atomic E-state index is 10.6. The van der Waals surface area contributed by atoms with E-state index in [1.54, 1.807) is 33.1 Å². The van der Waals surface area contributed by atoms with Crippen LogP contribution in [0.2, 0.25) is 0 Å². The molecule has 0 N–H and O–H groups in total. The number of ether oxygens (including phenoxy) is 1. The third kappa shape index (κ3) is 1.77. The van der Waals surface area contributed by atoms with Crippen molar-refractivity contribution in [2.75, 3.05) is 7.11 Å². The van der Waals surface area contributed by atoms with Gasteiger partial charge in [-0.1, -0.05) is 0 Å². The van der Waals surface area contributed by atoms with Gasteiger partial charge in [0.2, 0.25) is 0 Å². The maximum Gasteiger partial charge on any atom is 0.275 e. The molecule has 1 aromatic rings. The first-order valence-corrected chi connectivity index (χ1v) is 3.86. The average Bonchev–Trinajstić information content (AvgIpc) is 2.02. The Labute approximate surface area is 76.3 Å². The first-order valence-electron chi connectivity index (χ1n) is 3.86. The van der Waals surface area contributed by atoms with Crippen LogP contribution in [-0.2, 0) is 0 Å². The molecule has 4 heteroatoms. The van der Waals surface area contributed by atoms with Crippen LogP contribution in [0, 0.1) is 24.0 Å². The highest BCUT2D eigenvalue weighted by molar-refractivity contribution is 5.50. The molecular weight excluding hydrogens is 170 g/mol. The van der Waals surface area contributed by atoms with Crippen molar-refractivity contribution in [2.45, 2.75) is 13.8 Å². The first kappa shape index (κ1) is 9.51. The van der Waals surface area contributed by atoms with Gasteiger partial charge in [-0.05, 0) is 26.0 Å². The van der Waals surface area contributed by atoms with Crippen LogP contribution in [0.15, 0.2) is 12.1 Å². The van der Waals surface area contributed by atoms with Crippen molar-refractivity contribution in [3.63, 3.8) is 0 Å². The van der Waals surface area contributed by atoms with E-state index >= 15 is 0 Å². The highest BCUT2D eigenvalue weighted by Crippen LogP contribution is 2.27. The number of aryl methyl sites for hydroxylation is 2. The number of hydrogen-bond acceptors (Lipinski definition) is 3. The summed E-state index contributed by atoms with van der Waals surface area (Å²) in [5.41, 5.74) is 1.42. The van der Waals surface area contributed by atoms with Gasteiger partial charge in [-0.25, -0.2) is 0 Å². The van der Waals surface area contributed by atoms with Gasteiger partial charge in [0, 0.05) is 11.1 Å². The lowest BCUT2D eigenvalue weighted by Crippen LogP contribution is -1.96. The van der Waals surface area contributed by atoms with Crippen molar-refractivity contribution >= 4 is 5.69 Å². The summed E-state index contributed by atoms with van der Waals surface area (Å²) < 4.78 is 4.99. The predicted molar refractivity (Wildman–Crippen MR) is 49.1 cm³/mol. The van der Waals surface area contributed by atoms with Crippen LogP contribution in [0.1, 0.15) is 11.1 Å². The Morgan fingerprint density at radius 2 is 1.77 bits per heavy atom. The van der Waals surface area contributed by atoms with Crippen molar-refractivity contribution in [3.05, 3.63) is 33.4 Å². The van der Waals surface area contributed by atoms with E-state index < -0.39 is 0 Å². The second-order valence-electron chi connectivity index (χ2n) is 2.87. The van der Waals surface area contributed by atoms with Crippen LogP contribution in [0.4, 0.5) is 5.69 Å². The van der Waals surface area contributed by atoms with Gasteiger partial charge in [0.05, 0.1) is 12.0 Å². The molecule has 0 aliphatic heterocycles. The zero-order valence-electron chi connectivity index (χ0n) is 7.83. The van der Waals surface area contributed by atoms with E-state index in [2.05, 4.69) is 0 Å². The van der Waals surface area contributed by atoms with Crippen LogP contribution in [0.25, 0.3) is 0 Å². The summed E-state index contributed by atoms with van der Waals surface area (Å²) in [5.74, 6) is 0.653. The molecule has 0 saturated carbocycles. The third-order valence-corrected chi connectivity index (χ3v) is 1.88. The Balaban J connectivity index is 3.31. The van der Waals surface area contributed by atoms with Gasteiger partial charge in [0.1, 0.15) is 5.75 Å². The van der Waals surface area contributed by atoms with Crippen molar-refractivity contribution in [1.82, 2.24) is 0 Å². The molecule has 0 unspecified atom stereocenters. The van der Waals surface area contributed by atoms with E-state index in [9.17, 15) is 10.1 Å². The van der Waals surface area contributed by atoms with Crippen LogP contribution < -0.4 is 4.74 Å². The molecule has 0 aliphatic rings. The topological polar surface area (TPSA) is 52.4 Å². The van der Waals surface area contributed by atoms with Crippen molar-refractivity contribution in [1.29, 1.82) is 0 Å². The third-order valence-electron chi connectivity index (χ3n) is 1.88. The fourth-order valence-electron chi connectivity index (χ4n) is 1.32. The van der Waals surface area contributed by atoms with Crippen molar-refractivity contribution < 1.29 is 9.66 Å². The van der Waals surface area contributed by atoms with Gasteiger partial charge in [0.25, 0.3) is 5.69 Å². The number of nitro groups is 1. The smallest absolute Gasteiger partial charge is 0.275 e. The highest BCUT2D eigenvalue weighted by Gasteiger charge is 2.15. The van der Waals surface area contributed by atoms with E-state index in [1.165, 1.54) is 0 Å². The second-order valence-corrected chi connectivity index (χ2v) is 2.87. The van der Waals surface area contributed by atoms with Gasteiger partial charge < -0.3 is 4.74 Å². The van der Waals surface area contributed by atoms with Gasteiger partial charge in [0.15, 0.2) is 0 Å². The summed E-state index contributed by atoms with van der Waals surface area (Å²) in [5, 5.41) is 10.6. The van der Waals surface area contributed by atoms with Crippen LogP contribution in [0.5, 0.6) is 5.75 Å². The zero-order valence-corrected chi connectivity index (χ0v) is 7.83. The van der Waals surface area contributed by atoms with E-state index in [0.717, 1.165) is 0 Å². The number of methoxy groups -OCH3 is 1. The largest absolute Gasteiger partial charge is 0.497 e. The Kier molecular flexibility index (Phi) is 2.51. The lowest BCUT2D eigenvalue weighted by atomic mass is 10.1. The number of benzene rings is 1. The molecule has 1 aromatic carbocycles. The van der Waals surface area contributed by atoms with Crippen LogP contribution >= 0.6 is 0 Å². The molecular formula is C9H11NO3. The molecule has 0 heterocycles. The minimum absolute atomic E-state index is 0.167. The molecule has 1 rings (SSSR count). The van der Waals surface area contributed by atoms with Gasteiger partial charge in [-0.2, -0.15) is 0 Å². The number of rotatable bonds is 2. The quantitative estimate of drug-likeness (QED) is 0.519. The molecule has 0 atom stereocenters. The van der Waals surface area contributed by atoms with Crippen LogP contribution in [0.3, 0.4) is 0 Å². The molecule has 4 nitrogen and oxygen atoms in total. The molecule has 0 aliphatic carbocycles. The Morgan fingerprint density at radius 3 is 2.08 bits per heavy atom. The summed E-state index contributed by atoms with van der Waals surface area (Å²) in [6.07, 6.45) is 0. The molecule has 70 valence electrons. The van der Waals surface area contributed by atoms with Gasteiger partial charge in [-0.15, -0.1) is 0 Å². The van der Waals surface area contributed by atoms with E-state index in [1.807, 2.05) is 0 Å². The molecule has 0 spiro atoms. The Bertz CT molecular complexity index is 324. The summed E-state index contributed by atoms with van der Waals surface area (Å²) in [4.78, 5) is 10.2. The molecule has 0 amide bonds. The summed E-state index contributed by atoms with van der Waals surface area (Å²) in [7, 11) is 1.54. The fraction of sp³-hybridized carbons (Fsp3) is 0.333. The standard InChI is InChI=1S/C9H11NO3/c1-6-4-8(13-3)5-7(2)9(6)10(11)12/h4-5H,1-3H3. The van der Waals surface area contributed by atoms with Gasteiger partial charge in [-0.3, -0.25) is 10.1 Å². The normalized spacial score (nSPS) is 9.77. The van der Waals surface area contributed by atoms with E-state index in [0.29, 0.717) is 16.9 Å². The summed E-state index contributed by atoms with van der Waals surface area (Å²) in [6.45, 7) is 3.40. The summed E-state index contributed by atoms with van der Waals surface area (Å²) in [6, 6.07) is 3.32. The van der Waals surface area contributed by atoms with E-state index in [4.69, 9.17) is 4.74 Å². The zero-order chi connectivity index (χ0) is 10.0. The van der Waals surface area contributed by atoms with Crippen molar-refractivity contribution in [2.24, 2.45) is 0 Å². The summed E-state index contributed by atoms with van der Waals surface area (Å²) >= 11 is 0. The fourth-order valence-corrected chi connectivity index (χ4v) is 1.32. The Morgan fingerprint density at radius 1 is 1.31 bits per heavy atom. The Hall–Kier alpha value is -1.58. The van der Waals surface area contributed by atoms with Crippen molar-refractivity contribution in [3.8, 4) is 5.75 Å². The molecule has 0 radical (unpaired) electrons. The lowest BCUT2D eigenvalue weighted by molar-refractivity contribution is -0.386. The molecule has 0 bridgehead atoms. The minimum atomic E-state index is -0.371. The molecule has 0 fully saturated rings. The highest BCUT2D eigenvalue weighted by atomic mass is 16.6. The molecule has 0 saturated heterocycles. The van der Waals surface area contributed by atoms with Crippen LogP contribution in [-0.4, -0.2) is 12.0 Å². The van der Waals surface area contributed by atoms with E-state index in [-0.39, 0.29) is 10.6 Å². The van der Waals surface area contributed by atoms with Gasteiger partial charge >= 0.3 is 0 Å². The minimum Gasteiger partial charge on any atom is -0.497 e. The monoisotopic (exact) mass is 181 g/mol. The average molecular weight is 181 g/mol. The maximum absolute atomic E-state index is 10.6. The lowest BCUT2D eigenvalue weighted by Gasteiger charge is -2.04. The second kappa shape index (κ2) is 3.43. The number of nitrogens with zero attached hydrogens (tertiary/aromatic N) is 1. The number of hydrogen-bond donors (Lipinski definition) is 0. The SMILES string of the molecule is COc1cc(C)c([N+](=O)[O-])c(C)c1. The number of nitro benzene ring substituents is 1.